The Morgan fingerprint density at radius 3 is 1.13 bits per heavy atom. The largest absolute Gasteiger partial charge is 0.388 e. The molecule has 24 atom stereocenters. The molecule has 6 heterocycles. The lowest BCUT2D eigenvalue weighted by atomic mass is 10.0. The Labute approximate surface area is 442 Å². The first-order valence-corrected chi connectivity index (χ1v) is 26.8. The summed E-state index contributed by atoms with van der Waals surface area (Å²) >= 11 is 0. The first kappa shape index (κ1) is 63.2. The summed E-state index contributed by atoms with van der Waals surface area (Å²) in [7, 11) is 0. The first-order chi connectivity index (χ1) is 36.4. The van der Waals surface area contributed by atoms with Crippen LogP contribution in [0.15, 0.2) is 24.3 Å². The lowest BCUT2D eigenvalue weighted by Crippen LogP contribution is -2.64. The molecular weight excluding hydrogens is 1010 g/mol. The molecule has 76 heavy (non-hydrogen) atoms. The number of carbonyl (C=O) groups is 1. The zero-order valence-electron chi connectivity index (χ0n) is 43.3. The van der Waals surface area contributed by atoms with Crippen molar-refractivity contribution in [3.63, 3.8) is 0 Å². The van der Waals surface area contributed by atoms with Crippen LogP contribution in [0.25, 0.3) is 0 Å². The molecule has 0 radical (unpaired) electrons. The summed E-state index contributed by atoms with van der Waals surface area (Å²) in [4.78, 5) is 14.0. The average molecular weight is 1100 g/mol. The fourth-order valence-electron chi connectivity index (χ4n) is 9.70. The third-order valence-corrected chi connectivity index (χ3v) is 14.5. The van der Waals surface area contributed by atoms with Gasteiger partial charge < -0.3 is 123 Å². The second-order valence-electron chi connectivity index (χ2n) is 20.4. The van der Waals surface area contributed by atoms with Crippen molar-refractivity contribution in [2.75, 3.05) is 46.2 Å². The molecule has 0 spiro atoms. The van der Waals surface area contributed by atoms with Gasteiger partial charge in [-0.2, -0.15) is 0 Å². The lowest BCUT2D eigenvalue weighted by molar-refractivity contribution is -0.364. The molecule has 6 aliphatic heterocycles. The Morgan fingerprint density at radius 1 is 0.408 bits per heavy atom. The van der Waals surface area contributed by atoms with Gasteiger partial charge in [0.15, 0.2) is 37.7 Å². The van der Waals surface area contributed by atoms with E-state index in [0.29, 0.717) is 13.0 Å². The van der Waals surface area contributed by atoms with E-state index in [9.17, 15) is 71.2 Å². The van der Waals surface area contributed by atoms with Gasteiger partial charge in [-0.25, -0.2) is 0 Å². The third-order valence-electron chi connectivity index (χ3n) is 14.5. The number of amides is 1. The van der Waals surface area contributed by atoms with E-state index in [1.54, 1.807) is 0 Å². The molecule has 26 nitrogen and oxygen atoms in total. The molecule has 6 fully saturated rings. The summed E-state index contributed by atoms with van der Waals surface area (Å²) in [6.07, 6.45) is -15.9. The van der Waals surface area contributed by atoms with Crippen LogP contribution in [0.1, 0.15) is 90.9 Å². The smallest absolute Gasteiger partial charge is 0.221 e. The fourth-order valence-corrected chi connectivity index (χ4v) is 9.70. The molecular formula is C50H85NO25. The van der Waals surface area contributed by atoms with Crippen molar-refractivity contribution in [1.82, 2.24) is 4.90 Å². The van der Waals surface area contributed by atoms with Crippen LogP contribution in [0.2, 0.25) is 0 Å². The highest BCUT2D eigenvalue weighted by Crippen LogP contribution is 2.32. The molecule has 0 aliphatic carbocycles. The Bertz CT molecular complexity index is 1740. The van der Waals surface area contributed by atoms with Crippen LogP contribution in [0.5, 0.6) is 0 Å². The topological polar surface area (TPSA) is 385 Å². The van der Waals surface area contributed by atoms with E-state index in [0.717, 1.165) is 51.4 Å². The van der Waals surface area contributed by atoms with Crippen molar-refractivity contribution in [3.05, 3.63) is 24.3 Å². The molecule has 0 aromatic rings. The zero-order valence-corrected chi connectivity index (χ0v) is 43.3. The number of ether oxygens (including phenoxy) is 11. The molecule has 6 aliphatic rings. The third kappa shape index (κ3) is 17.0. The normalized spacial score (nSPS) is 42.7. The molecule has 0 aromatic carbocycles. The molecule has 0 saturated carbocycles. The second-order valence-corrected chi connectivity index (χ2v) is 20.4. The summed E-state index contributed by atoms with van der Waals surface area (Å²) in [6.45, 7) is 1.38. The van der Waals surface area contributed by atoms with Crippen LogP contribution in [0.4, 0.5) is 0 Å². The minimum absolute atomic E-state index is 0.299. The standard InChI is InChI=1S/C50H85NO25/c1-3-4-5-6-7-8-9-10-11-12-13-14-15-16-17-18-19-51(26(2)52)45-39(60)34(55)28(21-66-45)72-47-41(62)36(57)30(23-68-47)74-49-43(64)38(59)32(25-70-49)76-50-44(65)37(58)31(24-71-50)75-48-42(63)35(56)29(22-69-48)73-46-40(61)33(54)27(53)20-67-46/h7-8,10-11,27-50,53-65H,3-6,9,12-25H2,1-2H3/b8-7-,11-10-. The Kier molecular flexibility index (Phi) is 26.0. The predicted octanol–water partition coefficient (Wildman–Crippen LogP) is -3.60. The number of carbonyl (C=O) groups excluding carboxylic acids is 1. The minimum Gasteiger partial charge on any atom is -0.388 e. The predicted molar refractivity (Wildman–Crippen MR) is 258 cm³/mol. The number of hydrogen-bond donors (Lipinski definition) is 13. The summed E-state index contributed by atoms with van der Waals surface area (Å²) in [6, 6.07) is 0. The van der Waals surface area contributed by atoms with Crippen LogP contribution >= 0.6 is 0 Å². The molecule has 6 rings (SSSR count). The molecule has 0 aromatic heterocycles. The highest BCUT2D eigenvalue weighted by molar-refractivity contribution is 5.73. The number of aliphatic hydroxyl groups excluding tert-OH is 13. The van der Waals surface area contributed by atoms with Gasteiger partial charge in [0.1, 0.15) is 110 Å². The summed E-state index contributed by atoms with van der Waals surface area (Å²) in [5.74, 6) is -0.346. The van der Waals surface area contributed by atoms with Crippen LogP contribution in [0, 0.1) is 0 Å². The van der Waals surface area contributed by atoms with E-state index in [-0.39, 0.29) is 19.1 Å². The van der Waals surface area contributed by atoms with Crippen molar-refractivity contribution < 1.29 is 123 Å². The number of aliphatic hydroxyl groups is 13. The number of allylic oxidation sites excluding steroid dienone is 4. The van der Waals surface area contributed by atoms with Crippen molar-refractivity contribution in [2.24, 2.45) is 0 Å². The molecule has 1 amide bonds. The van der Waals surface area contributed by atoms with Gasteiger partial charge in [0.2, 0.25) is 5.91 Å². The highest BCUT2D eigenvalue weighted by Gasteiger charge is 2.52. The van der Waals surface area contributed by atoms with Gasteiger partial charge in [0.25, 0.3) is 0 Å². The maximum absolute atomic E-state index is 12.6. The van der Waals surface area contributed by atoms with E-state index in [1.165, 1.54) is 31.1 Å². The van der Waals surface area contributed by atoms with Crippen molar-refractivity contribution >= 4 is 5.91 Å². The molecule has 24 unspecified atom stereocenters. The summed E-state index contributed by atoms with van der Waals surface area (Å²) in [5.41, 5.74) is 0. The van der Waals surface area contributed by atoms with E-state index >= 15 is 0 Å². The van der Waals surface area contributed by atoms with Crippen LogP contribution in [-0.2, 0) is 56.9 Å². The summed E-state index contributed by atoms with van der Waals surface area (Å²) < 4.78 is 61.5. The Morgan fingerprint density at radius 2 is 0.737 bits per heavy atom. The number of nitrogens with zero attached hydrogens (tertiary/aromatic N) is 1. The van der Waals surface area contributed by atoms with Crippen LogP contribution in [-0.4, -0.2) is 271 Å². The Hall–Kier alpha value is -2.01. The number of rotatable bonds is 26. The van der Waals surface area contributed by atoms with E-state index in [1.807, 2.05) is 0 Å². The van der Waals surface area contributed by atoms with Gasteiger partial charge in [-0.3, -0.25) is 4.79 Å². The quantitative estimate of drug-likeness (QED) is 0.0294. The van der Waals surface area contributed by atoms with Crippen molar-refractivity contribution in [3.8, 4) is 0 Å². The van der Waals surface area contributed by atoms with Gasteiger partial charge in [-0.15, -0.1) is 0 Å². The average Bonchev–Trinajstić information content (AvgIpc) is 3.40. The van der Waals surface area contributed by atoms with Crippen LogP contribution in [0.3, 0.4) is 0 Å². The van der Waals surface area contributed by atoms with Crippen molar-refractivity contribution in [1.29, 1.82) is 0 Å². The first-order valence-electron chi connectivity index (χ1n) is 26.8. The maximum atomic E-state index is 12.6. The molecule has 440 valence electrons. The SMILES string of the molecule is CCCCC/C=C\C/C=C\CCCCCCCCN(C(C)=O)C1OCC(OC2OCC(OC3OCC(OC4OCC(OC5OCC(OC6OCC(O)C(O)C6O)C(O)C5O)C(O)C4O)C(O)C3O)C(O)C2O)C(O)C1O. The number of unbranched alkanes of at least 4 members (excludes halogenated alkanes) is 9. The summed E-state index contributed by atoms with van der Waals surface area (Å²) in [5, 5.41) is 139. The van der Waals surface area contributed by atoms with Gasteiger partial charge in [0.05, 0.1) is 39.6 Å². The second kappa shape index (κ2) is 31.3. The molecule has 26 heteroatoms. The lowest BCUT2D eigenvalue weighted by Gasteiger charge is -2.46. The van der Waals surface area contributed by atoms with E-state index in [4.69, 9.17) is 52.1 Å². The fraction of sp³-hybridized carbons (Fsp3) is 0.900. The van der Waals surface area contributed by atoms with E-state index in [2.05, 4.69) is 31.2 Å². The van der Waals surface area contributed by atoms with Crippen LogP contribution < -0.4 is 0 Å². The molecule has 13 N–H and O–H groups in total. The van der Waals surface area contributed by atoms with Crippen molar-refractivity contribution in [2.45, 2.75) is 238 Å². The van der Waals surface area contributed by atoms with Gasteiger partial charge in [-0.05, 0) is 38.5 Å². The molecule has 0 bridgehead atoms. The number of hydrogen-bond acceptors (Lipinski definition) is 25. The zero-order chi connectivity index (χ0) is 55.1. The van der Waals surface area contributed by atoms with Gasteiger partial charge >= 0.3 is 0 Å². The van der Waals surface area contributed by atoms with Gasteiger partial charge in [0, 0.05) is 13.5 Å². The Balaban J connectivity index is 0.863. The minimum atomic E-state index is -1.84. The molecule has 6 saturated heterocycles. The van der Waals surface area contributed by atoms with E-state index < -0.39 is 174 Å². The highest BCUT2D eigenvalue weighted by atomic mass is 16.8. The van der Waals surface area contributed by atoms with Gasteiger partial charge in [-0.1, -0.05) is 69.8 Å². The maximum Gasteiger partial charge on any atom is 0.221 e. The monoisotopic (exact) mass is 1100 g/mol.